The molecule has 0 bridgehead atoms. The smallest absolute Gasteiger partial charge is 0.319 e. The Labute approximate surface area is 154 Å². The van der Waals surface area contributed by atoms with Gasteiger partial charge in [0.05, 0.1) is 0 Å². The van der Waals surface area contributed by atoms with Crippen LogP contribution >= 0.6 is 0 Å². The molecule has 1 fully saturated rings. The van der Waals surface area contributed by atoms with Gasteiger partial charge in [-0.3, -0.25) is 4.79 Å². The summed E-state index contributed by atoms with van der Waals surface area (Å²) < 4.78 is 0. The van der Waals surface area contributed by atoms with Crippen molar-refractivity contribution in [2.45, 2.75) is 40.2 Å². The Morgan fingerprint density at radius 1 is 1.00 bits per heavy atom. The molecular weight excluding hydrogens is 326 g/mol. The van der Waals surface area contributed by atoms with Gasteiger partial charge in [-0.2, -0.15) is 0 Å². The Balaban J connectivity index is 1.65. The van der Waals surface area contributed by atoms with Gasteiger partial charge in [0.15, 0.2) is 0 Å². The van der Waals surface area contributed by atoms with E-state index in [4.69, 9.17) is 0 Å². The lowest BCUT2D eigenvalue weighted by atomic mass is 10.1. The van der Waals surface area contributed by atoms with Crippen molar-refractivity contribution in [3.8, 4) is 0 Å². The summed E-state index contributed by atoms with van der Waals surface area (Å²) in [5, 5.41) is 5.66. The zero-order valence-corrected chi connectivity index (χ0v) is 15.7. The average molecular weight is 351 g/mol. The van der Waals surface area contributed by atoms with Crippen molar-refractivity contribution in [3.05, 3.63) is 58.7 Å². The predicted octanol–water partition coefficient (Wildman–Crippen LogP) is 3.85. The number of amides is 3. The maximum Gasteiger partial charge on any atom is 0.319 e. The summed E-state index contributed by atoms with van der Waals surface area (Å²) in [7, 11) is 0. The molecule has 0 aromatic heterocycles. The first kappa shape index (κ1) is 18.0. The second-order valence-corrected chi connectivity index (χ2v) is 7.02. The molecule has 2 N–H and O–H groups in total. The fourth-order valence-electron chi connectivity index (χ4n) is 3.15. The second-order valence-electron chi connectivity index (χ2n) is 7.02. The van der Waals surface area contributed by atoms with Crippen molar-refractivity contribution >= 4 is 23.3 Å². The molecule has 3 rings (SSSR count). The molecule has 1 atom stereocenters. The lowest BCUT2D eigenvalue weighted by Gasteiger charge is -2.19. The first-order valence-corrected chi connectivity index (χ1v) is 8.88. The van der Waals surface area contributed by atoms with Crippen LogP contribution in [0.3, 0.4) is 0 Å². The third-order valence-corrected chi connectivity index (χ3v) is 4.95. The molecule has 0 saturated carbocycles. The second kappa shape index (κ2) is 7.20. The molecule has 5 nitrogen and oxygen atoms in total. The normalized spacial score (nSPS) is 16.7. The van der Waals surface area contributed by atoms with Gasteiger partial charge in [0.2, 0.25) is 5.91 Å². The van der Waals surface area contributed by atoms with Crippen LogP contribution in [0.15, 0.2) is 36.4 Å². The Bertz CT molecular complexity index is 860. The van der Waals surface area contributed by atoms with Crippen LogP contribution in [0.5, 0.6) is 0 Å². The SMILES string of the molecule is Cc1ccc(C)c(NC(=O)N[C@@H]2CCN(c3ccc(C)c(C)c3)C2=O)c1. The van der Waals surface area contributed by atoms with E-state index in [9.17, 15) is 9.59 Å². The number of aryl methyl sites for hydroxylation is 4. The Morgan fingerprint density at radius 2 is 1.73 bits per heavy atom. The molecule has 0 spiro atoms. The minimum Gasteiger partial charge on any atom is -0.326 e. The monoisotopic (exact) mass is 351 g/mol. The van der Waals surface area contributed by atoms with Crippen LogP contribution in [0, 0.1) is 27.7 Å². The quantitative estimate of drug-likeness (QED) is 0.882. The van der Waals surface area contributed by atoms with Gasteiger partial charge in [-0.1, -0.05) is 18.2 Å². The molecule has 2 aromatic carbocycles. The number of hydrogen-bond acceptors (Lipinski definition) is 2. The number of urea groups is 1. The molecular formula is C21H25N3O2. The molecule has 1 saturated heterocycles. The van der Waals surface area contributed by atoms with Gasteiger partial charge in [-0.05, 0) is 74.6 Å². The molecule has 1 aliphatic heterocycles. The molecule has 2 aromatic rings. The van der Waals surface area contributed by atoms with Crippen LogP contribution in [-0.2, 0) is 4.79 Å². The standard InChI is InChI=1S/C21H25N3O2/c1-13-5-6-15(3)19(11-13)23-21(26)22-18-9-10-24(20(18)25)17-8-7-14(2)16(4)12-17/h5-8,11-12,18H,9-10H2,1-4H3,(H2,22,23,26)/t18-/m1/s1. The molecule has 0 aliphatic carbocycles. The minimum absolute atomic E-state index is 0.0654. The molecule has 1 heterocycles. The molecule has 3 amide bonds. The van der Waals surface area contributed by atoms with Crippen molar-refractivity contribution in [1.82, 2.24) is 5.32 Å². The highest BCUT2D eigenvalue weighted by Gasteiger charge is 2.33. The van der Waals surface area contributed by atoms with E-state index in [-0.39, 0.29) is 11.9 Å². The fraction of sp³-hybridized carbons (Fsp3) is 0.333. The predicted molar refractivity (Wildman–Crippen MR) is 105 cm³/mol. The van der Waals surface area contributed by atoms with Gasteiger partial charge in [0.25, 0.3) is 0 Å². The molecule has 136 valence electrons. The number of rotatable bonds is 3. The largest absolute Gasteiger partial charge is 0.326 e. The Kier molecular flexibility index (Phi) is 4.98. The lowest BCUT2D eigenvalue weighted by molar-refractivity contribution is -0.118. The number of hydrogen-bond donors (Lipinski definition) is 2. The van der Waals surface area contributed by atoms with Gasteiger partial charge >= 0.3 is 6.03 Å². The fourth-order valence-corrected chi connectivity index (χ4v) is 3.15. The van der Waals surface area contributed by atoms with E-state index in [1.165, 1.54) is 5.56 Å². The summed E-state index contributed by atoms with van der Waals surface area (Å²) in [5.41, 5.74) is 6.06. The van der Waals surface area contributed by atoms with E-state index in [1.54, 1.807) is 4.90 Å². The molecule has 0 unspecified atom stereocenters. The van der Waals surface area contributed by atoms with E-state index >= 15 is 0 Å². The summed E-state index contributed by atoms with van der Waals surface area (Å²) >= 11 is 0. The average Bonchev–Trinajstić information content (AvgIpc) is 2.94. The zero-order valence-electron chi connectivity index (χ0n) is 15.7. The third kappa shape index (κ3) is 3.72. The van der Waals surface area contributed by atoms with E-state index in [0.29, 0.717) is 13.0 Å². The molecule has 26 heavy (non-hydrogen) atoms. The van der Waals surface area contributed by atoms with Crippen LogP contribution in [0.25, 0.3) is 0 Å². The van der Waals surface area contributed by atoms with Crippen LogP contribution in [0.4, 0.5) is 16.2 Å². The number of carbonyl (C=O) groups excluding carboxylic acids is 2. The van der Waals surface area contributed by atoms with E-state index in [1.807, 2.05) is 64.1 Å². The van der Waals surface area contributed by atoms with Crippen molar-refractivity contribution in [1.29, 1.82) is 0 Å². The Morgan fingerprint density at radius 3 is 2.46 bits per heavy atom. The summed E-state index contributed by atoms with van der Waals surface area (Å²) in [6, 6.07) is 11.0. The number of nitrogens with one attached hydrogen (secondary N) is 2. The molecule has 5 heteroatoms. The highest BCUT2D eigenvalue weighted by Crippen LogP contribution is 2.24. The van der Waals surface area contributed by atoms with Gasteiger partial charge in [0, 0.05) is 17.9 Å². The topological polar surface area (TPSA) is 61.4 Å². The third-order valence-electron chi connectivity index (χ3n) is 4.95. The molecule has 1 aliphatic rings. The van der Waals surface area contributed by atoms with Crippen molar-refractivity contribution in [2.75, 3.05) is 16.8 Å². The van der Waals surface area contributed by atoms with E-state index in [2.05, 4.69) is 10.6 Å². The van der Waals surface area contributed by atoms with Crippen molar-refractivity contribution < 1.29 is 9.59 Å². The minimum atomic E-state index is -0.498. The number of anilines is 2. The summed E-state index contributed by atoms with van der Waals surface area (Å²) in [5.74, 6) is -0.0654. The number of nitrogens with zero attached hydrogens (tertiary/aromatic N) is 1. The van der Waals surface area contributed by atoms with Crippen molar-refractivity contribution in [3.63, 3.8) is 0 Å². The van der Waals surface area contributed by atoms with Gasteiger partial charge < -0.3 is 15.5 Å². The highest BCUT2D eigenvalue weighted by atomic mass is 16.2. The maximum absolute atomic E-state index is 12.7. The lowest BCUT2D eigenvalue weighted by Crippen LogP contribution is -2.43. The van der Waals surface area contributed by atoms with Crippen molar-refractivity contribution in [2.24, 2.45) is 0 Å². The highest BCUT2D eigenvalue weighted by molar-refractivity contribution is 6.02. The van der Waals surface area contributed by atoms with E-state index in [0.717, 1.165) is 28.1 Å². The maximum atomic E-state index is 12.7. The summed E-state index contributed by atoms with van der Waals surface area (Å²) in [6.07, 6.45) is 0.603. The van der Waals surface area contributed by atoms with Crippen LogP contribution in [0.2, 0.25) is 0 Å². The summed E-state index contributed by atoms with van der Waals surface area (Å²) in [6.45, 7) is 8.61. The van der Waals surface area contributed by atoms with Crippen LogP contribution < -0.4 is 15.5 Å². The Hall–Kier alpha value is -2.82. The van der Waals surface area contributed by atoms with Gasteiger partial charge in [-0.25, -0.2) is 4.79 Å². The van der Waals surface area contributed by atoms with E-state index < -0.39 is 6.04 Å². The number of benzene rings is 2. The van der Waals surface area contributed by atoms with Crippen LogP contribution in [-0.4, -0.2) is 24.5 Å². The number of carbonyl (C=O) groups is 2. The van der Waals surface area contributed by atoms with Crippen LogP contribution in [0.1, 0.15) is 28.7 Å². The summed E-state index contributed by atoms with van der Waals surface area (Å²) in [4.78, 5) is 26.8. The first-order chi connectivity index (χ1) is 12.3. The first-order valence-electron chi connectivity index (χ1n) is 8.88. The zero-order chi connectivity index (χ0) is 18.8. The van der Waals surface area contributed by atoms with Gasteiger partial charge in [-0.15, -0.1) is 0 Å². The van der Waals surface area contributed by atoms with Gasteiger partial charge in [0.1, 0.15) is 6.04 Å². The molecule has 0 radical (unpaired) electrons.